The highest BCUT2D eigenvalue weighted by Gasteiger charge is 2.25. The highest BCUT2D eigenvalue weighted by atomic mass is 32.1. The van der Waals surface area contributed by atoms with Crippen LogP contribution in [0.1, 0.15) is 11.1 Å². The first-order valence-electron chi connectivity index (χ1n) is 10.7. The fourth-order valence-electron chi connectivity index (χ4n) is 4.55. The highest BCUT2D eigenvalue weighted by molar-refractivity contribution is 7.18. The molecular formula is C23H23FN4O2S. The molecule has 1 aliphatic carbocycles. The lowest BCUT2D eigenvalue weighted by molar-refractivity contribution is 0.122. The van der Waals surface area contributed by atoms with Crippen LogP contribution in [0.25, 0.3) is 27.6 Å². The number of fused-ring (bicyclic) bond motifs is 2. The molecule has 4 heterocycles. The zero-order valence-corrected chi connectivity index (χ0v) is 18.0. The number of hydrogen-bond donors (Lipinski definition) is 0. The molecule has 0 unspecified atom stereocenters. The molecule has 0 N–H and O–H groups in total. The van der Waals surface area contributed by atoms with Crippen molar-refractivity contribution >= 4 is 39.3 Å². The lowest BCUT2D eigenvalue weighted by Gasteiger charge is -2.29. The van der Waals surface area contributed by atoms with Crippen molar-refractivity contribution in [2.75, 3.05) is 62.4 Å². The summed E-state index contributed by atoms with van der Waals surface area (Å²) in [4.78, 5) is 14.6. The maximum Gasteiger partial charge on any atom is 0.226 e. The molecule has 0 radical (unpaired) electrons. The minimum atomic E-state index is -0.150. The van der Waals surface area contributed by atoms with E-state index in [1.807, 2.05) is 18.2 Å². The molecule has 2 fully saturated rings. The normalized spacial score (nSPS) is 18.7. The minimum absolute atomic E-state index is 0.150. The summed E-state index contributed by atoms with van der Waals surface area (Å²) in [6.45, 7) is 6.03. The Morgan fingerprint density at radius 1 is 0.935 bits per heavy atom. The van der Waals surface area contributed by atoms with Crippen LogP contribution in [0, 0.1) is 5.82 Å². The molecule has 0 amide bonds. The molecule has 0 spiro atoms. The van der Waals surface area contributed by atoms with E-state index in [2.05, 4.69) is 15.2 Å². The summed E-state index contributed by atoms with van der Waals surface area (Å²) in [7, 11) is 0. The molecule has 6 rings (SSSR count). The summed E-state index contributed by atoms with van der Waals surface area (Å²) >= 11 is 1.67. The van der Waals surface area contributed by atoms with E-state index in [-0.39, 0.29) is 5.82 Å². The SMILES string of the molecule is Fc1ccc(-c2nc(N3CCOCC3)nc3c(N4CCOCC4)csc23)c2c1CC=C2. The van der Waals surface area contributed by atoms with Crippen molar-refractivity contribution < 1.29 is 13.9 Å². The number of anilines is 2. The van der Waals surface area contributed by atoms with E-state index < -0.39 is 0 Å². The number of aromatic nitrogens is 2. The Bertz CT molecular complexity index is 1170. The van der Waals surface area contributed by atoms with E-state index in [0.717, 1.165) is 83.6 Å². The number of allylic oxidation sites excluding steroid dienone is 1. The number of morpholine rings is 2. The van der Waals surface area contributed by atoms with Gasteiger partial charge in [-0.15, -0.1) is 11.3 Å². The third kappa shape index (κ3) is 3.30. The fourth-order valence-corrected chi connectivity index (χ4v) is 5.57. The van der Waals surface area contributed by atoms with Crippen molar-refractivity contribution in [3.8, 4) is 11.3 Å². The molecule has 2 aromatic heterocycles. The predicted octanol–water partition coefficient (Wildman–Crippen LogP) is 3.74. The molecular weight excluding hydrogens is 415 g/mol. The number of ether oxygens (including phenoxy) is 2. The molecule has 2 aliphatic heterocycles. The van der Waals surface area contributed by atoms with Crippen molar-refractivity contribution in [3.63, 3.8) is 0 Å². The molecule has 8 heteroatoms. The van der Waals surface area contributed by atoms with Crippen LogP contribution in [0.2, 0.25) is 0 Å². The van der Waals surface area contributed by atoms with Crippen LogP contribution in [-0.4, -0.2) is 62.6 Å². The van der Waals surface area contributed by atoms with E-state index in [0.29, 0.717) is 19.6 Å². The number of rotatable bonds is 3. The molecule has 2 saturated heterocycles. The largest absolute Gasteiger partial charge is 0.378 e. The fraction of sp³-hybridized carbons (Fsp3) is 0.391. The number of nitrogens with zero attached hydrogens (tertiary/aromatic N) is 4. The first-order chi connectivity index (χ1) is 15.3. The molecule has 6 nitrogen and oxygen atoms in total. The molecule has 3 aromatic rings. The first-order valence-corrected chi connectivity index (χ1v) is 11.6. The smallest absolute Gasteiger partial charge is 0.226 e. The van der Waals surface area contributed by atoms with Gasteiger partial charge in [-0.1, -0.05) is 12.2 Å². The minimum Gasteiger partial charge on any atom is -0.378 e. The topological polar surface area (TPSA) is 50.7 Å². The maximum absolute atomic E-state index is 14.4. The van der Waals surface area contributed by atoms with Crippen LogP contribution in [0.15, 0.2) is 23.6 Å². The zero-order chi connectivity index (χ0) is 20.8. The van der Waals surface area contributed by atoms with Gasteiger partial charge in [0.25, 0.3) is 0 Å². The van der Waals surface area contributed by atoms with Crippen LogP contribution in [0.5, 0.6) is 0 Å². The molecule has 0 saturated carbocycles. The number of halogens is 1. The maximum atomic E-state index is 14.4. The lowest BCUT2D eigenvalue weighted by Crippen LogP contribution is -2.37. The van der Waals surface area contributed by atoms with Gasteiger partial charge in [-0.2, -0.15) is 0 Å². The average molecular weight is 439 g/mol. The van der Waals surface area contributed by atoms with E-state index in [9.17, 15) is 4.39 Å². The Hall–Kier alpha value is -2.55. The summed E-state index contributed by atoms with van der Waals surface area (Å²) in [5, 5.41) is 2.18. The van der Waals surface area contributed by atoms with Crippen molar-refractivity contribution in [2.45, 2.75) is 6.42 Å². The van der Waals surface area contributed by atoms with Crippen LogP contribution < -0.4 is 9.80 Å². The van der Waals surface area contributed by atoms with E-state index >= 15 is 0 Å². The lowest BCUT2D eigenvalue weighted by atomic mass is 10.00. The third-order valence-corrected chi connectivity index (χ3v) is 7.16. The Labute approximate surface area is 183 Å². The number of benzene rings is 1. The van der Waals surface area contributed by atoms with Crippen molar-refractivity contribution in [1.29, 1.82) is 0 Å². The molecule has 160 valence electrons. The predicted molar refractivity (Wildman–Crippen MR) is 122 cm³/mol. The second-order valence-corrected chi connectivity index (χ2v) is 8.84. The van der Waals surface area contributed by atoms with Gasteiger partial charge in [0.05, 0.1) is 42.5 Å². The van der Waals surface area contributed by atoms with E-state index in [1.165, 1.54) is 0 Å². The summed E-state index contributed by atoms with van der Waals surface area (Å²) < 4.78 is 26.5. The van der Waals surface area contributed by atoms with Crippen LogP contribution in [0.3, 0.4) is 0 Å². The van der Waals surface area contributed by atoms with Gasteiger partial charge >= 0.3 is 0 Å². The number of hydrogen-bond acceptors (Lipinski definition) is 7. The Kier molecular flexibility index (Phi) is 4.85. The van der Waals surface area contributed by atoms with Crippen LogP contribution in [0.4, 0.5) is 16.0 Å². The van der Waals surface area contributed by atoms with Crippen molar-refractivity contribution in [3.05, 3.63) is 40.5 Å². The second-order valence-electron chi connectivity index (χ2n) is 7.96. The van der Waals surface area contributed by atoms with Gasteiger partial charge in [-0.25, -0.2) is 14.4 Å². The standard InChI is InChI=1S/C23H23FN4O2S/c24-18-5-4-17(15-2-1-3-16(15)18)20-22-21(19(14-31-22)27-6-10-29-11-7-27)26-23(25-20)28-8-12-30-13-9-28/h1-2,4-5,14H,3,6-13H2. The van der Waals surface area contributed by atoms with Gasteiger partial charge in [-0.05, 0) is 29.7 Å². The monoisotopic (exact) mass is 438 g/mol. The van der Waals surface area contributed by atoms with Gasteiger partial charge in [0.15, 0.2) is 0 Å². The molecule has 31 heavy (non-hydrogen) atoms. The summed E-state index contributed by atoms with van der Waals surface area (Å²) in [6.07, 6.45) is 4.67. The van der Waals surface area contributed by atoms with Crippen LogP contribution in [-0.2, 0) is 15.9 Å². The van der Waals surface area contributed by atoms with Gasteiger partial charge in [-0.3, -0.25) is 0 Å². The van der Waals surface area contributed by atoms with Crippen LogP contribution >= 0.6 is 11.3 Å². The Balaban J connectivity index is 1.56. The van der Waals surface area contributed by atoms with Gasteiger partial charge in [0, 0.05) is 37.1 Å². The molecule has 0 atom stereocenters. The third-order valence-electron chi connectivity index (χ3n) is 6.19. The van der Waals surface area contributed by atoms with E-state index in [4.69, 9.17) is 19.4 Å². The van der Waals surface area contributed by atoms with E-state index in [1.54, 1.807) is 17.4 Å². The van der Waals surface area contributed by atoms with Crippen molar-refractivity contribution in [1.82, 2.24) is 9.97 Å². The quantitative estimate of drug-likeness (QED) is 0.621. The second kappa shape index (κ2) is 7.85. The molecule has 1 aromatic carbocycles. The molecule has 0 bridgehead atoms. The summed E-state index contributed by atoms with van der Waals surface area (Å²) in [5.74, 6) is 0.571. The van der Waals surface area contributed by atoms with Crippen molar-refractivity contribution in [2.24, 2.45) is 0 Å². The average Bonchev–Trinajstić information content (AvgIpc) is 3.48. The summed E-state index contributed by atoms with van der Waals surface area (Å²) in [6, 6.07) is 3.43. The number of thiophene rings is 1. The Morgan fingerprint density at radius 3 is 2.45 bits per heavy atom. The zero-order valence-electron chi connectivity index (χ0n) is 17.1. The Morgan fingerprint density at radius 2 is 1.68 bits per heavy atom. The first kappa shape index (κ1) is 19.2. The van der Waals surface area contributed by atoms with Gasteiger partial charge in [0.1, 0.15) is 11.3 Å². The van der Waals surface area contributed by atoms with Gasteiger partial charge in [0.2, 0.25) is 5.95 Å². The highest BCUT2D eigenvalue weighted by Crippen LogP contribution is 2.41. The summed E-state index contributed by atoms with van der Waals surface area (Å²) in [5.41, 5.74) is 5.66. The van der Waals surface area contributed by atoms with Gasteiger partial charge < -0.3 is 19.3 Å². The molecule has 3 aliphatic rings.